The van der Waals surface area contributed by atoms with E-state index in [1.54, 1.807) is 11.3 Å². The van der Waals surface area contributed by atoms with E-state index < -0.39 is 0 Å². The highest BCUT2D eigenvalue weighted by Crippen LogP contribution is 2.39. The number of aromatic nitrogens is 2. The van der Waals surface area contributed by atoms with E-state index in [9.17, 15) is 0 Å². The lowest BCUT2D eigenvalue weighted by Gasteiger charge is -2.18. The molecule has 0 amide bonds. The van der Waals surface area contributed by atoms with E-state index in [1.807, 2.05) is 6.92 Å². The zero-order valence-electron chi connectivity index (χ0n) is 8.77. The van der Waals surface area contributed by atoms with E-state index in [-0.39, 0.29) is 0 Å². The SMILES string of the molecule is Cc1nnc(NC2CCOC2C2CC2)s1. The number of nitrogens with one attached hydrogen (secondary N) is 1. The number of aryl methyl sites for hydroxylation is 1. The Bertz CT molecular complexity index is 350. The summed E-state index contributed by atoms with van der Waals surface area (Å²) in [5.74, 6) is 0.791. The fourth-order valence-electron chi connectivity index (χ4n) is 2.17. The highest BCUT2D eigenvalue weighted by atomic mass is 32.1. The van der Waals surface area contributed by atoms with E-state index in [0.29, 0.717) is 12.1 Å². The molecule has 5 heteroatoms. The van der Waals surface area contributed by atoms with Crippen molar-refractivity contribution in [2.24, 2.45) is 5.92 Å². The quantitative estimate of drug-likeness (QED) is 0.852. The van der Waals surface area contributed by atoms with E-state index in [2.05, 4.69) is 15.5 Å². The minimum Gasteiger partial charge on any atom is -0.376 e. The van der Waals surface area contributed by atoms with Crippen molar-refractivity contribution in [3.8, 4) is 0 Å². The standard InChI is InChI=1S/C10H15N3OS/c1-6-12-13-10(15-6)11-8-4-5-14-9(8)7-2-3-7/h7-9H,2-5H2,1H3,(H,11,13). The normalized spacial score (nSPS) is 30.7. The Morgan fingerprint density at radius 1 is 1.33 bits per heavy atom. The predicted molar refractivity (Wildman–Crippen MR) is 59.1 cm³/mol. The van der Waals surface area contributed by atoms with Crippen LogP contribution in [0.25, 0.3) is 0 Å². The second kappa shape index (κ2) is 3.72. The van der Waals surface area contributed by atoms with Crippen LogP contribution in [0.1, 0.15) is 24.3 Å². The van der Waals surface area contributed by atoms with Gasteiger partial charge in [-0.05, 0) is 32.1 Å². The first-order chi connectivity index (χ1) is 7.33. The molecule has 1 aliphatic heterocycles. The minimum atomic E-state index is 0.411. The van der Waals surface area contributed by atoms with Crippen LogP contribution in [0.3, 0.4) is 0 Å². The van der Waals surface area contributed by atoms with Gasteiger partial charge in [-0.15, -0.1) is 10.2 Å². The smallest absolute Gasteiger partial charge is 0.205 e. The molecule has 2 fully saturated rings. The number of hydrogen-bond acceptors (Lipinski definition) is 5. The van der Waals surface area contributed by atoms with Crippen LogP contribution in [0.5, 0.6) is 0 Å². The van der Waals surface area contributed by atoms with E-state index in [1.165, 1.54) is 12.8 Å². The minimum absolute atomic E-state index is 0.411. The Labute approximate surface area is 93.1 Å². The van der Waals surface area contributed by atoms with Crippen molar-refractivity contribution in [1.29, 1.82) is 0 Å². The van der Waals surface area contributed by atoms with Crippen LogP contribution in [-0.4, -0.2) is 29.0 Å². The lowest BCUT2D eigenvalue weighted by Crippen LogP contribution is -2.30. The first-order valence-corrected chi connectivity index (χ1v) is 6.33. The molecule has 4 nitrogen and oxygen atoms in total. The van der Waals surface area contributed by atoms with Gasteiger partial charge < -0.3 is 10.1 Å². The molecule has 2 unspecified atom stereocenters. The first-order valence-electron chi connectivity index (χ1n) is 5.51. The second-order valence-corrected chi connectivity index (χ2v) is 5.52. The van der Waals surface area contributed by atoms with Gasteiger partial charge in [0.1, 0.15) is 5.01 Å². The van der Waals surface area contributed by atoms with Crippen molar-refractivity contribution < 1.29 is 4.74 Å². The van der Waals surface area contributed by atoms with Gasteiger partial charge in [-0.3, -0.25) is 0 Å². The van der Waals surface area contributed by atoms with Crippen molar-refractivity contribution in [1.82, 2.24) is 10.2 Å². The lowest BCUT2D eigenvalue weighted by molar-refractivity contribution is 0.0898. The molecule has 2 heterocycles. The second-order valence-electron chi connectivity index (χ2n) is 4.34. The first kappa shape index (κ1) is 9.54. The molecular formula is C10H15N3OS. The molecule has 1 saturated carbocycles. The van der Waals surface area contributed by atoms with Crippen molar-refractivity contribution >= 4 is 16.5 Å². The summed E-state index contributed by atoms with van der Waals surface area (Å²) in [6.45, 7) is 2.86. The van der Waals surface area contributed by atoms with Gasteiger partial charge in [-0.2, -0.15) is 0 Å². The predicted octanol–water partition coefficient (Wildman–Crippen LogP) is 1.83. The van der Waals surface area contributed by atoms with Gasteiger partial charge in [0.05, 0.1) is 12.1 Å². The lowest BCUT2D eigenvalue weighted by atomic mass is 10.1. The summed E-state index contributed by atoms with van der Waals surface area (Å²) in [4.78, 5) is 0. The summed E-state index contributed by atoms with van der Waals surface area (Å²) >= 11 is 1.62. The molecule has 1 aromatic heterocycles. The average molecular weight is 225 g/mol. The molecule has 15 heavy (non-hydrogen) atoms. The molecule has 2 atom stereocenters. The van der Waals surface area contributed by atoms with Gasteiger partial charge >= 0.3 is 0 Å². The van der Waals surface area contributed by atoms with Crippen LogP contribution < -0.4 is 5.32 Å². The van der Waals surface area contributed by atoms with E-state index in [0.717, 1.165) is 29.1 Å². The van der Waals surface area contributed by atoms with Gasteiger partial charge in [0.2, 0.25) is 5.13 Å². The number of rotatable bonds is 3. The molecule has 1 saturated heterocycles. The van der Waals surface area contributed by atoms with Crippen molar-refractivity contribution in [3.05, 3.63) is 5.01 Å². The Hall–Kier alpha value is -0.680. The zero-order valence-corrected chi connectivity index (χ0v) is 9.59. The van der Waals surface area contributed by atoms with Crippen molar-refractivity contribution in [2.45, 2.75) is 38.3 Å². The van der Waals surface area contributed by atoms with E-state index in [4.69, 9.17) is 4.74 Å². The molecule has 1 N–H and O–H groups in total. The van der Waals surface area contributed by atoms with Gasteiger partial charge in [0.25, 0.3) is 0 Å². The van der Waals surface area contributed by atoms with Crippen LogP contribution >= 0.6 is 11.3 Å². The summed E-state index contributed by atoms with van der Waals surface area (Å²) in [6, 6.07) is 0.449. The summed E-state index contributed by atoms with van der Waals surface area (Å²) < 4.78 is 5.76. The average Bonchev–Trinajstić information content (AvgIpc) is 2.83. The molecule has 0 spiro atoms. The topological polar surface area (TPSA) is 47.0 Å². The largest absolute Gasteiger partial charge is 0.376 e. The van der Waals surface area contributed by atoms with Crippen LogP contribution in [0.4, 0.5) is 5.13 Å². The van der Waals surface area contributed by atoms with E-state index >= 15 is 0 Å². The number of hydrogen-bond donors (Lipinski definition) is 1. The van der Waals surface area contributed by atoms with Gasteiger partial charge in [-0.1, -0.05) is 11.3 Å². The Kier molecular flexibility index (Phi) is 2.36. The molecule has 0 bridgehead atoms. The Balaban J connectivity index is 1.66. The molecule has 3 rings (SSSR count). The number of ether oxygens (including phenoxy) is 1. The van der Waals surface area contributed by atoms with Gasteiger partial charge in [0, 0.05) is 6.61 Å². The van der Waals surface area contributed by atoms with Crippen LogP contribution in [0.15, 0.2) is 0 Å². The monoisotopic (exact) mass is 225 g/mol. The third kappa shape index (κ3) is 1.99. The third-order valence-electron chi connectivity index (χ3n) is 3.06. The van der Waals surface area contributed by atoms with Crippen molar-refractivity contribution in [2.75, 3.05) is 11.9 Å². The Morgan fingerprint density at radius 2 is 2.20 bits per heavy atom. The molecule has 0 aromatic carbocycles. The maximum Gasteiger partial charge on any atom is 0.205 e. The third-order valence-corrected chi connectivity index (χ3v) is 3.83. The van der Waals surface area contributed by atoms with Crippen LogP contribution in [-0.2, 0) is 4.74 Å². The summed E-state index contributed by atoms with van der Waals surface area (Å²) in [6.07, 6.45) is 4.17. The number of nitrogens with zero attached hydrogens (tertiary/aromatic N) is 2. The maximum atomic E-state index is 5.76. The van der Waals surface area contributed by atoms with Gasteiger partial charge in [0.15, 0.2) is 0 Å². The molecule has 2 aliphatic rings. The van der Waals surface area contributed by atoms with Crippen molar-refractivity contribution in [3.63, 3.8) is 0 Å². The molecule has 82 valence electrons. The highest BCUT2D eigenvalue weighted by Gasteiger charge is 2.40. The molecular weight excluding hydrogens is 210 g/mol. The van der Waals surface area contributed by atoms with Crippen LogP contribution in [0, 0.1) is 12.8 Å². The summed E-state index contributed by atoms with van der Waals surface area (Å²) in [7, 11) is 0. The molecule has 1 aliphatic carbocycles. The molecule has 1 aromatic rings. The fraction of sp³-hybridized carbons (Fsp3) is 0.800. The molecule has 0 radical (unpaired) electrons. The summed E-state index contributed by atoms with van der Waals surface area (Å²) in [5, 5.41) is 13.5. The Morgan fingerprint density at radius 3 is 2.87 bits per heavy atom. The zero-order chi connectivity index (χ0) is 10.3. The fourth-order valence-corrected chi connectivity index (χ4v) is 2.82. The highest BCUT2D eigenvalue weighted by molar-refractivity contribution is 7.15. The summed E-state index contributed by atoms with van der Waals surface area (Å²) in [5.41, 5.74) is 0. The van der Waals surface area contributed by atoms with Crippen LogP contribution in [0.2, 0.25) is 0 Å². The maximum absolute atomic E-state index is 5.76. The van der Waals surface area contributed by atoms with Gasteiger partial charge in [-0.25, -0.2) is 0 Å². The number of anilines is 1.